The van der Waals surface area contributed by atoms with E-state index in [1.54, 1.807) is 0 Å². The van der Waals surface area contributed by atoms with Crippen LogP contribution in [0.2, 0.25) is 0 Å². The Balaban J connectivity index is 0. The average Bonchev–Trinajstić information content (AvgIpc) is 1.90. The molecule has 0 aliphatic rings. The predicted molar refractivity (Wildman–Crippen MR) is 54.8 cm³/mol. The molecule has 0 fully saturated rings. The van der Waals surface area contributed by atoms with E-state index in [2.05, 4.69) is 33.9 Å². The van der Waals surface area contributed by atoms with Crippen molar-refractivity contribution >= 4 is 0 Å². The van der Waals surface area contributed by atoms with E-state index in [1.165, 1.54) is 6.42 Å². The molecule has 0 unspecified atom stereocenters. The standard InChI is InChI=1S/C6H12.C5H10/c1-4-5-6(2)3;1-3-5-4-2/h4,6H,1,5H2,2-3H3;3H,1,4-5H2,2H3. The van der Waals surface area contributed by atoms with E-state index in [4.69, 9.17) is 0 Å². The van der Waals surface area contributed by atoms with Gasteiger partial charge in [-0.1, -0.05) is 39.3 Å². The summed E-state index contributed by atoms with van der Waals surface area (Å²) in [7, 11) is 0. The molecular weight excluding hydrogens is 132 g/mol. The second-order valence-electron chi connectivity index (χ2n) is 3.00. The molecule has 0 amide bonds. The van der Waals surface area contributed by atoms with Gasteiger partial charge in [0.25, 0.3) is 0 Å². The zero-order valence-electron chi connectivity index (χ0n) is 8.27. The highest BCUT2D eigenvalue weighted by Gasteiger charge is 1.82. The maximum atomic E-state index is 3.60. The van der Waals surface area contributed by atoms with Crippen molar-refractivity contribution in [1.29, 1.82) is 0 Å². The lowest BCUT2D eigenvalue weighted by atomic mass is 10.1. The summed E-state index contributed by atoms with van der Waals surface area (Å²) in [4.78, 5) is 0. The molecular formula is C11H22. The molecule has 0 bridgehead atoms. The summed E-state index contributed by atoms with van der Waals surface area (Å²) in [5.41, 5.74) is 0. The van der Waals surface area contributed by atoms with Crippen LogP contribution < -0.4 is 0 Å². The predicted octanol–water partition coefficient (Wildman–Crippen LogP) is 4.19. The number of unbranched alkanes of at least 4 members (excludes halogenated alkanes) is 1. The van der Waals surface area contributed by atoms with Crippen molar-refractivity contribution in [3.05, 3.63) is 25.3 Å². The van der Waals surface area contributed by atoms with Gasteiger partial charge in [0.15, 0.2) is 0 Å². The first-order chi connectivity index (χ1) is 5.18. The van der Waals surface area contributed by atoms with Crippen LogP contribution in [0.5, 0.6) is 0 Å². The molecule has 0 rings (SSSR count). The van der Waals surface area contributed by atoms with Crippen molar-refractivity contribution in [2.45, 2.75) is 40.0 Å². The molecule has 0 atom stereocenters. The molecule has 0 aromatic heterocycles. The van der Waals surface area contributed by atoms with Crippen LogP contribution in [-0.2, 0) is 0 Å². The summed E-state index contributed by atoms with van der Waals surface area (Å²) in [6.07, 6.45) is 7.40. The zero-order valence-corrected chi connectivity index (χ0v) is 8.27. The van der Waals surface area contributed by atoms with Crippen LogP contribution in [0.3, 0.4) is 0 Å². The van der Waals surface area contributed by atoms with E-state index in [0.717, 1.165) is 18.8 Å². The molecule has 0 radical (unpaired) electrons. The molecule has 0 aromatic rings. The summed E-state index contributed by atoms with van der Waals surface area (Å²) in [5, 5.41) is 0. The summed E-state index contributed by atoms with van der Waals surface area (Å²) >= 11 is 0. The minimum absolute atomic E-state index is 0.780. The Morgan fingerprint density at radius 2 is 1.73 bits per heavy atom. The first-order valence-corrected chi connectivity index (χ1v) is 4.40. The van der Waals surface area contributed by atoms with Crippen molar-refractivity contribution < 1.29 is 0 Å². The Hall–Kier alpha value is -0.520. The van der Waals surface area contributed by atoms with Crippen LogP contribution in [-0.4, -0.2) is 0 Å². The summed E-state index contributed by atoms with van der Waals surface area (Å²) in [6.45, 7) is 13.7. The third kappa shape index (κ3) is 26.4. The summed E-state index contributed by atoms with van der Waals surface area (Å²) < 4.78 is 0. The Labute approximate surface area is 72.0 Å². The fourth-order valence-corrected chi connectivity index (χ4v) is 0.537. The molecule has 0 saturated heterocycles. The van der Waals surface area contributed by atoms with E-state index in [-0.39, 0.29) is 0 Å². The molecule has 0 heteroatoms. The molecule has 0 spiro atoms. The quantitative estimate of drug-likeness (QED) is 0.533. The van der Waals surface area contributed by atoms with Gasteiger partial charge < -0.3 is 0 Å². The van der Waals surface area contributed by atoms with Gasteiger partial charge in [-0.25, -0.2) is 0 Å². The monoisotopic (exact) mass is 154 g/mol. The fraction of sp³-hybridized carbons (Fsp3) is 0.636. The highest BCUT2D eigenvalue weighted by atomic mass is 13.9. The van der Waals surface area contributed by atoms with E-state index >= 15 is 0 Å². The highest BCUT2D eigenvalue weighted by molar-refractivity contribution is 4.67. The maximum absolute atomic E-state index is 3.60. The summed E-state index contributed by atoms with van der Waals surface area (Å²) in [5.74, 6) is 0.780. The van der Waals surface area contributed by atoms with Crippen molar-refractivity contribution in [2.24, 2.45) is 5.92 Å². The average molecular weight is 154 g/mol. The molecule has 0 saturated carbocycles. The van der Waals surface area contributed by atoms with Gasteiger partial charge in [-0.3, -0.25) is 0 Å². The molecule has 0 aromatic carbocycles. The van der Waals surface area contributed by atoms with Gasteiger partial charge in [0.2, 0.25) is 0 Å². The number of hydrogen-bond donors (Lipinski definition) is 0. The Morgan fingerprint density at radius 1 is 1.18 bits per heavy atom. The van der Waals surface area contributed by atoms with E-state index < -0.39 is 0 Å². The third-order valence-electron chi connectivity index (χ3n) is 1.13. The van der Waals surface area contributed by atoms with Gasteiger partial charge in [-0.05, 0) is 18.8 Å². The van der Waals surface area contributed by atoms with Crippen LogP contribution in [0.1, 0.15) is 40.0 Å². The van der Waals surface area contributed by atoms with Crippen molar-refractivity contribution in [3.8, 4) is 0 Å². The molecule has 66 valence electrons. The van der Waals surface area contributed by atoms with Crippen LogP contribution in [0.15, 0.2) is 25.3 Å². The number of allylic oxidation sites excluding steroid dienone is 2. The fourth-order valence-electron chi connectivity index (χ4n) is 0.537. The zero-order chi connectivity index (χ0) is 9.11. The lowest BCUT2D eigenvalue weighted by molar-refractivity contribution is 0.664. The van der Waals surface area contributed by atoms with Crippen molar-refractivity contribution in [3.63, 3.8) is 0 Å². The Bertz CT molecular complexity index is 80.0. The normalized spacial score (nSPS) is 8.36. The lowest BCUT2D eigenvalue weighted by Crippen LogP contribution is -1.78. The summed E-state index contributed by atoms with van der Waals surface area (Å²) in [6, 6.07) is 0. The van der Waals surface area contributed by atoms with Crippen LogP contribution in [0.4, 0.5) is 0 Å². The van der Waals surface area contributed by atoms with Gasteiger partial charge in [0.05, 0.1) is 0 Å². The largest absolute Gasteiger partial charge is 0.103 e. The van der Waals surface area contributed by atoms with E-state index in [0.29, 0.717) is 0 Å². The van der Waals surface area contributed by atoms with Crippen LogP contribution in [0, 0.1) is 5.92 Å². The lowest BCUT2D eigenvalue weighted by Gasteiger charge is -1.92. The maximum Gasteiger partial charge on any atom is -0.0330 e. The van der Waals surface area contributed by atoms with Crippen LogP contribution in [0.25, 0.3) is 0 Å². The van der Waals surface area contributed by atoms with Crippen molar-refractivity contribution in [1.82, 2.24) is 0 Å². The second-order valence-corrected chi connectivity index (χ2v) is 3.00. The second kappa shape index (κ2) is 12.2. The van der Waals surface area contributed by atoms with E-state index in [9.17, 15) is 0 Å². The van der Waals surface area contributed by atoms with Crippen LogP contribution >= 0.6 is 0 Å². The number of rotatable bonds is 4. The SMILES string of the molecule is C=CCC(C)C.C=CCCC. The minimum atomic E-state index is 0.780. The molecule has 0 nitrogen and oxygen atoms in total. The van der Waals surface area contributed by atoms with Gasteiger partial charge in [0, 0.05) is 0 Å². The molecule has 0 aliphatic carbocycles. The first kappa shape index (κ1) is 13.1. The Kier molecular flexibility index (Phi) is 14.5. The van der Waals surface area contributed by atoms with Gasteiger partial charge >= 0.3 is 0 Å². The smallest absolute Gasteiger partial charge is 0.0330 e. The number of hydrogen-bond acceptors (Lipinski definition) is 0. The Morgan fingerprint density at radius 3 is 1.73 bits per heavy atom. The van der Waals surface area contributed by atoms with Crippen molar-refractivity contribution in [2.75, 3.05) is 0 Å². The van der Waals surface area contributed by atoms with Gasteiger partial charge in [0.1, 0.15) is 0 Å². The minimum Gasteiger partial charge on any atom is -0.103 e. The topological polar surface area (TPSA) is 0 Å². The molecule has 0 aliphatic heterocycles. The first-order valence-electron chi connectivity index (χ1n) is 4.40. The third-order valence-corrected chi connectivity index (χ3v) is 1.13. The van der Waals surface area contributed by atoms with E-state index in [1.807, 2.05) is 12.2 Å². The van der Waals surface area contributed by atoms with Gasteiger partial charge in [-0.2, -0.15) is 0 Å². The molecule has 11 heavy (non-hydrogen) atoms. The molecule has 0 N–H and O–H groups in total. The molecule has 0 heterocycles. The highest BCUT2D eigenvalue weighted by Crippen LogP contribution is 1.96. The van der Waals surface area contributed by atoms with Gasteiger partial charge in [-0.15, -0.1) is 13.2 Å².